The van der Waals surface area contributed by atoms with Crippen LogP contribution in [-0.2, 0) is 21.3 Å². The van der Waals surface area contributed by atoms with Crippen LogP contribution in [-0.4, -0.2) is 45.6 Å². The van der Waals surface area contributed by atoms with Gasteiger partial charge in [0.05, 0.1) is 11.0 Å². The molecule has 0 aliphatic carbocycles. The maximum absolute atomic E-state index is 12.0. The highest BCUT2D eigenvalue weighted by molar-refractivity contribution is 7.89. The fourth-order valence-corrected chi connectivity index (χ4v) is 3.30. The second-order valence-corrected chi connectivity index (χ2v) is 7.80. The van der Waals surface area contributed by atoms with E-state index in [1.54, 1.807) is 12.1 Å². The molecular formula is C15H24N2O3S. The average molecular weight is 312 g/mol. The number of nitrogens with zero attached hydrogens (tertiary/aromatic N) is 1. The molecule has 0 amide bonds. The quantitative estimate of drug-likeness (QED) is 0.867. The lowest BCUT2D eigenvalue weighted by atomic mass is 10.1. The molecule has 0 saturated carbocycles. The molecule has 1 aromatic rings. The molecule has 6 heteroatoms. The molecule has 21 heavy (non-hydrogen) atoms. The highest BCUT2D eigenvalue weighted by Crippen LogP contribution is 2.17. The minimum absolute atomic E-state index is 0.290. The van der Waals surface area contributed by atoms with Gasteiger partial charge in [-0.15, -0.1) is 0 Å². The van der Waals surface area contributed by atoms with Crippen molar-refractivity contribution in [3.05, 3.63) is 29.8 Å². The first kappa shape index (κ1) is 16.4. The normalized spacial score (nSPS) is 20.9. The van der Waals surface area contributed by atoms with Crippen molar-refractivity contribution in [3.63, 3.8) is 0 Å². The van der Waals surface area contributed by atoms with Crippen molar-refractivity contribution in [1.82, 2.24) is 9.62 Å². The highest BCUT2D eigenvalue weighted by atomic mass is 32.2. The van der Waals surface area contributed by atoms with Crippen LogP contribution in [0.4, 0.5) is 0 Å². The number of ether oxygens (including phenoxy) is 1. The van der Waals surface area contributed by atoms with E-state index >= 15 is 0 Å². The van der Waals surface area contributed by atoms with Crippen LogP contribution in [0, 0.1) is 0 Å². The van der Waals surface area contributed by atoms with Gasteiger partial charge in [-0.1, -0.05) is 12.1 Å². The Morgan fingerprint density at radius 2 is 2.00 bits per heavy atom. The van der Waals surface area contributed by atoms with E-state index in [1.165, 1.54) is 18.4 Å². The Kier molecular flexibility index (Phi) is 5.37. The number of nitrogens with one attached hydrogen (secondary N) is 1. The van der Waals surface area contributed by atoms with E-state index in [0.717, 1.165) is 25.0 Å². The lowest BCUT2D eigenvalue weighted by molar-refractivity contribution is 0.0832. The molecule has 1 aliphatic heterocycles. The van der Waals surface area contributed by atoms with Crippen molar-refractivity contribution in [2.75, 3.05) is 20.7 Å². The van der Waals surface area contributed by atoms with Crippen LogP contribution >= 0.6 is 0 Å². The topological polar surface area (TPSA) is 58.6 Å². The zero-order valence-corrected chi connectivity index (χ0v) is 13.7. The molecule has 5 nitrogen and oxygen atoms in total. The fourth-order valence-electron chi connectivity index (χ4n) is 2.40. The molecule has 0 aromatic heterocycles. The lowest BCUT2D eigenvalue weighted by Gasteiger charge is -2.20. The van der Waals surface area contributed by atoms with E-state index in [9.17, 15) is 8.42 Å². The van der Waals surface area contributed by atoms with Crippen LogP contribution in [0.25, 0.3) is 0 Å². The monoisotopic (exact) mass is 312 g/mol. The summed E-state index contributed by atoms with van der Waals surface area (Å²) in [6.45, 7) is 3.69. The Bertz CT molecular complexity index is 549. The Balaban J connectivity index is 1.93. The maximum atomic E-state index is 12.0. The molecule has 2 rings (SSSR count). The largest absolute Gasteiger partial charge is 0.377 e. The summed E-state index contributed by atoms with van der Waals surface area (Å²) >= 11 is 0. The van der Waals surface area contributed by atoms with Gasteiger partial charge in [0.1, 0.15) is 0 Å². The van der Waals surface area contributed by atoms with Crippen LogP contribution < -0.4 is 5.32 Å². The first-order valence-corrected chi connectivity index (χ1v) is 8.71. The predicted octanol–water partition coefficient (Wildman–Crippen LogP) is 1.59. The molecule has 2 atom stereocenters. The lowest BCUT2D eigenvalue weighted by Crippen LogP contribution is -2.36. The van der Waals surface area contributed by atoms with Gasteiger partial charge >= 0.3 is 0 Å². The third-order valence-electron chi connectivity index (χ3n) is 3.85. The number of sulfonamides is 1. The van der Waals surface area contributed by atoms with Crippen LogP contribution in [0.1, 0.15) is 25.3 Å². The van der Waals surface area contributed by atoms with Crippen molar-refractivity contribution in [2.24, 2.45) is 0 Å². The van der Waals surface area contributed by atoms with E-state index in [-0.39, 0.29) is 0 Å². The van der Waals surface area contributed by atoms with E-state index in [0.29, 0.717) is 23.6 Å². The summed E-state index contributed by atoms with van der Waals surface area (Å²) in [5.41, 5.74) is 1.07. The van der Waals surface area contributed by atoms with Crippen LogP contribution in [0.15, 0.2) is 29.2 Å². The second-order valence-electron chi connectivity index (χ2n) is 5.65. The Hall–Kier alpha value is -0.950. The van der Waals surface area contributed by atoms with Gasteiger partial charge in [-0.2, -0.15) is 0 Å². The minimum Gasteiger partial charge on any atom is -0.377 e. The number of benzene rings is 1. The summed E-state index contributed by atoms with van der Waals surface area (Å²) in [4.78, 5) is 0.323. The third-order valence-corrected chi connectivity index (χ3v) is 5.68. The van der Waals surface area contributed by atoms with Gasteiger partial charge in [0.25, 0.3) is 0 Å². The molecule has 0 bridgehead atoms. The zero-order valence-electron chi connectivity index (χ0n) is 12.9. The summed E-state index contributed by atoms with van der Waals surface area (Å²) in [6.07, 6.45) is 2.53. The van der Waals surface area contributed by atoms with E-state index in [2.05, 4.69) is 12.2 Å². The summed E-state index contributed by atoms with van der Waals surface area (Å²) in [6, 6.07) is 7.32. The summed E-state index contributed by atoms with van der Waals surface area (Å²) in [7, 11) is -0.273. The number of hydrogen-bond donors (Lipinski definition) is 1. The highest BCUT2D eigenvalue weighted by Gasteiger charge is 2.22. The van der Waals surface area contributed by atoms with Crippen LogP contribution in [0.5, 0.6) is 0 Å². The smallest absolute Gasteiger partial charge is 0.242 e. The van der Waals surface area contributed by atoms with Gasteiger partial charge in [0.15, 0.2) is 0 Å². The number of hydrogen-bond acceptors (Lipinski definition) is 4. The predicted molar refractivity (Wildman–Crippen MR) is 82.6 cm³/mol. The average Bonchev–Trinajstić information content (AvgIpc) is 2.99. The Morgan fingerprint density at radius 1 is 1.33 bits per heavy atom. The molecule has 0 unspecified atom stereocenters. The molecule has 1 aliphatic rings. The molecule has 1 saturated heterocycles. The summed E-state index contributed by atoms with van der Waals surface area (Å²) < 4.78 is 30.8. The van der Waals surface area contributed by atoms with Gasteiger partial charge in [-0.3, -0.25) is 0 Å². The molecule has 118 valence electrons. The van der Waals surface area contributed by atoms with Crippen molar-refractivity contribution < 1.29 is 13.2 Å². The SMILES string of the molecule is C[C@H](NCc1ccc(S(=O)(=O)N(C)C)cc1)[C@H]1CCCO1. The van der Waals surface area contributed by atoms with Crippen molar-refractivity contribution in [3.8, 4) is 0 Å². The molecule has 1 fully saturated rings. The summed E-state index contributed by atoms with van der Waals surface area (Å²) in [5.74, 6) is 0. The maximum Gasteiger partial charge on any atom is 0.242 e. The molecule has 0 spiro atoms. The molecule has 1 N–H and O–H groups in total. The summed E-state index contributed by atoms with van der Waals surface area (Å²) in [5, 5.41) is 3.44. The van der Waals surface area contributed by atoms with Crippen molar-refractivity contribution in [1.29, 1.82) is 0 Å². The first-order valence-electron chi connectivity index (χ1n) is 7.27. The van der Waals surface area contributed by atoms with Crippen LogP contribution in [0.3, 0.4) is 0 Å². The standard InChI is InChI=1S/C15H24N2O3S/c1-12(15-5-4-10-20-15)16-11-13-6-8-14(9-7-13)21(18,19)17(2)3/h6-9,12,15-16H,4-5,10-11H2,1-3H3/t12-,15+/m0/s1. The number of rotatable bonds is 6. The van der Waals surface area contributed by atoms with Crippen molar-refractivity contribution in [2.45, 2.75) is 43.4 Å². The molecule has 1 heterocycles. The second kappa shape index (κ2) is 6.87. The molecule has 0 radical (unpaired) electrons. The Morgan fingerprint density at radius 3 is 2.52 bits per heavy atom. The first-order chi connectivity index (χ1) is 9.91. The van der Waals surface area contributed by atoms with Gasteiger partial charge in [0.2, 0.25) is 10.0 Å². The molecular weight excluding hydrogens is 288 g/mol. The fraction of sp³-hybridized carbons (Fsp3) is 0.600. The molecule has 1 aromatic carbocycles. The zero-order chi connectivity index (χ0) is 15.5. The Labute approximate surface area is 127 Å². The van der Waals surface area contributed by atoms with E-state index in [4.69, 9.17) is 4.74 Å². The van der Waals surface area contributed by atoms with Gasteiger partial charge in [0, 0.05) is 33.3 Å². The van der Waals surface area contributed by atoms with Gasteiger partial charge in [-0.05, 0) is 37.5 Å². The van der Waals surface area contributed by atoms with E-state index in [1.807, 2.05) is 12.1 Å². The van der Waals surface area contributed by atoms with Gasteiger partial charge in [-0.25, -0.2) is 12.7 Å². The van der Waals surface area contributed by atoms with Crippen LogP contribution in [0.2, 0.25) is 0 Å². The van der Waals surface area contributed by atoms with Crippen molar-refractivity contribution >= 4 is 10.0 Å². The van der Waals surface area contributed by atoms with E-state index < -0.39 is 10.0 Å². The minimum atomic E-state index is -3.35. The van der Waals surface area contributed by atoms with Gasteiger partial charge < -0.3 is 10.1 Å². The third kappa shape index (κ3) is 4.03.